The lowest BCUT2D eigenvalue weighted by Crippen LogP contribution is -2.26. The molecule has 6 nitrogen and oxygen atoms in total. The molecule has 1 N–H and O–H groups in total. The minimum atomic E-state index is 0.0496. The van der Waals surface area contributed by atoms with E-state index in [4.69, 9.17) is 9.72 Å². The molecule has 4 heterocycles. The van der Waals surface area contributed by atoms with Crippen LogP contribution >= 0.6 is 0 Å². The maximum absolute atomic E-state index is 12.8. The average Bonchev–Trinajstić information content (AvgIpc) is 3.12. The maximum atomic E-state index is 12.8. The van der Waals surface area contributed by atoms with E-state index in [1.54, 1.807) is 4.52 Å². The van der Waals surface area contributed by atoms with Gasteiger partial charge in [0.15, 0.2) is 5.65 Å². The fraction of sp³-hybridized carbons (Fsp3) is 0.429. The molecule has 2 aliphatic rings. The summed E-state index contributed by atoms with van der Waals surface area (Å²) in [6, 6.07) is 8.46. The van der Waals surface area contributed by atoms with Gasteiger partial charge in [0, 0.05) is 49.8 Å². The predicted octanol–water partition coefficient (Wildman–Crippen LogP) is 2.26. The molecule has 3 aromatic rings. The summed E-state index contributed by atoms with van der Waals surface area (Å²) in [4.78, 5) is 20.0. The lowest BCUT2D eigenvalue weighted by atomic mass is 10.1. The zero-order chi connectivity index (χ0) is 18.5. The van der Waals surface area contributed by atoms with Crippen molar-refractivity contribution in [3.05, 3.63) is 62.7 Å². The molecule has 27 heavy (non-hydrogen) atoms. The van der Waals surface area contributed by atoms with Gasteiger partial charge in [-0.2, -0.15) is 0 Å². The van der Waals surface area contributed by atoms with E-state index >= 15 is 0 Å². The maximum Gasteiger partial charge on any atom is 0.276 e. The first-order chi connectivity index (χ1) is 13.1. The van der Waals surface area contributed by atoms with Crippen LogP contribution < -0.4 is 10.3 Å². The molecule has 0 unspecified atom stereocenters. The summed E-state index contributed by atoms with van der Waals surface area (Å²) >= 11 is 0. The number of aryl methyl sites for hydroxylation is 1. The number of ether oxygens (including phenoxy) is 1. The minimum Gasteiger partial charge on any atom is -0.490 e. The first-order valence-corrected chi connectivity index (χ1v) is 9.68. The van der Waals surface area contributed by atoms with Gasteiger partial charge in [-0.15, -0.1) is 0 Å². The van der Waals surface area contributed by atoms with Crippen LogP contribution in [-0.2, 0) is 25.8 Å². The van der Waals surface area contributed by atoms with Crippen LogP contribution in [0.25, 0.3) is 5.65 Å². The molecule has 1 aromatic carbocycles. The van der Waals surface area contributed by atoms with Crippen molar-refractivity contribution in [1.29, 1.82) is 0 Å². The van der Waals surface area contributed by atoms with Gasteiger partial charge in [0.05, 0.1) is 5.69 Å². The largest absolute Gasteiger partial charge is 0.490 e. The standard InChI is InChI=1S/C21H24N4O2/c1-13-9-20-22-18-6-8-24(7-5-17(18)21(26)25(20)23-13)12-15-3-4-19-16(11-15)10-14(2)27-19/h3-4,9,11,14,23H,5-8,10,12H2,1-2H3/t14-/m1/s1. The van der Waals surface area contributed by atoms with Crippen LogP contribution in [0.15, 0.2) is 29.1 Å². The number of nitrogens with zero attached hydrogens (tertiary/aromatic N) is 3. The number of hydrogen-bond acceptors (Lipinski definition) is 4. The monoisotopic (exact) mass is 364 g/mol. The van der Waals surface area contributed by atoms with Crippen molar-refractivity contribution in [1.82, 2.24) is 19.5 Å². The Kier molecular flexibility index (Phi) is 3.82. The van der Waals surface area contributed by atoms with Gasteiger partial charge < -0.3 is 4.74 Å². The third-order valence-corrected chi connectivity index (χ3v) is 5.63. The summed E-state index contributed by atoms with van der Waals surface area (Å²) < 4.78 is 7.38. The molecule has 0 aliphatic carbocycles. The molecule has 1 atom stereocenters. The highest BCUT2D eigenvalue weighted by Crippen LogP contribution is 2.29. The number of aromatic amines is 1. The van der Waals surface area contributed by atoms with Gasteiger partial charge in [-0.3, -0.25) is 14.8 Å². The smallest absolute Gasteiger partial charge is 0.276 e. The van der Waals surface area contributed by atoms with Crippen molar-refractivity contribution in [2.75, 3.05) is 13.1 Å². The summed E-state index contributed by atoms with van der Waals surface area (Å²) in [5.74, 6) is 1.03. The lowest BCUT2D eigenvalue weighted by molar-refractivity contribution is 0.254. The first kappa shape index (κ1) is 16.6. The van der Waals surface area contributed by atoms with Crippen molar-refractivity contribution in [3.63, 3.8) is 0 Å². The zero-order valence-electron chi connectivity index (χ0n) is 15.8. The molecular weight excluding hydrogens is 340 g/mol. The van der Waals surface area contributed by atoms with Gasteiger partial charge in [-0.1, -0.05) is 12.1 Å². The van der Waals surface area contributed by atoms with E-state index in [0.29, 0.717) is 0 Å². The Labute approximate surface area is 157 Å². The van der Waals surface area contributed by atoms with Gasteiger partial charge in [0.2, 0.25) is 0 Å². The number of nitrogens with one attached hydrogen (secondary N) is 1. The summed E-state index contributed by atoms with van der Waals surface area (Å²) in [6.07, 6.45) is 2.82. The van der Waals surface area contributed by atoms with Crippen LogP contribution in [0.3, 0.4) is 0 Å². The molecule has 0 bridgehead atoms. The summed E-state index contributed by atoms with van der Waals surface area (Å²) in [5, 5.41) is 3.09. The molecule has 2 aliphatic heterocycles. The fourth-order valence-electron chi connectivity index (χ4n) is 4.32. The predicted molar refractivity (Wildman–Crippen MR) is 103 cm³/mol. The SMILES string of the molecule is Cc1cc2nc3c(c(=O)n2[nH]1)CCN(Cc1ccc2c(c1)C[C@@H](C)O2)CC3. The van der Waals surface area contributed by atoms with Crippen LogP contribution in [0.4, 0.5) is 0 Å². The average molecular weight is 364 g/mol. The van der Waals surface area contributed by atoms with Crippen molar-refractivity contribution in [3.8, 4) is 5.75 Å². The van der Waals surface area contributed by atoms with E-state index in [1.807, 2.05) is 13.0 Å². The van der Waals surface area contributed by atoms with Crippen molar-refractivity contribution >= 4 is 5.65 Å². The Balaban J connectivity index is 1.37. The number of H-pyrrole nitrogens is 1. The van der Waals surface area contributed by atoms with E-state index in [2.05, 4.69) is 35.1 Å². The Morgan fingerprint density at radius 3 is 3.00 bits per heavy atom. The van der Waals surface area contributed by atoms with Gasteiger partial charge in [0.1, 0.15) is 11.9 Å². The third-order valence-electron chi connectivity index (χ3n) is 5.63. The number of aromatic nitrogens is 3. The lowest BCUT2D eigenvalue weighted by Gasteiger charge is -2.19. The van der Waals surface area contributed by atoms with Gasteiger partial charge in [0.25, 0.3) is 5.56 Å². The molecule has 0 fully saturated rings. The van der Waals surface area contributed by atoms with Crippen molar-refractivity contribution in [2.45, 2.75) is 45.8 Å². The number of benzene rings is 1. The highest BCUT2D eigenvalue weighted by atomic mass is 16.5. The van der Waals surface area contributed by atoms with E-state index < -0.39 is 0 Å². The van der Waals surface area contributed by atoms with Crippen molar-refractivity contribution in [2.24, 2.45) is 0 Å². The molecule has 6 heteroatoms. The Morgan fingerprint density at radius 2 is 2.11 bits per heavy atom. The van der Waals surface area contributed by atoms with Crippen molar-refractivity contribution < 1.29 is 4.74 Å². The Bertz CT molecular complexity index is 1080. The first-order valence-electron chi connectivity index (χ1n) is 9.68. The van der Waals surface area contributed by atoms with Gasteiger partial charge in [-0.05, 0) is 37.5 Å². The van der Waals surface area contributed by atoms with Crippen LogP contribution in [0, 0.1) is 6.92 Å². The van der Waals surface area contributed by atoms with Crippen LogP contribution in [0.1, 0.15) is 35.0 Å². The topological polar surface area (TPSA) is 62.6 Å². The molecule has 0 radical (unpaired) electrons. The summed E-state index contributed by atoms with van der Waals surface area (Å²) in [5.41, 5.74) is 6.15. The second-order valence-electron chi connectivity index (χ2n) is 7.83. The second-order valence-corrected chi connectivity index (χ2v) is 7.83. The van der Waals surface area contributed by atoms with Gasteiger partial charge >= 0.3 is 0 Å². The molecule has 0 spiro atoms. The molecule has 0 amide bonds. The minimum absolute atomic E-state index is 0.0496. The highest BCUT2D eigenvalue weighted by molar-refractivity contribution is 5.42. The Hall–Kier alpha value is -2.60. The zero-order valence-corrected chi connectivity index (χ0v) is 15.8. The molecule has 5 rings (SSSR count). The quantitative estimate of drug-likeness (QED) is 0.758. The van der Waals surface area contributed by atoms with E-state index in [9.17, 15) is 4.79 Å². The summed E-state index contributed by atoms with van der Waals surface area (Å²) in [7, 11) is 0. The van der Waals surface area contributed by atoms with Crippen LogP contribution in [0.5, 0.6) is 5.75 Å². The molecular formula is C21H24N4O2. The van der Waals surface area contributed by atoms with E-state index in [1.165, 1.54) is 11.1 Å². The fourth-order valence-corrected chi connectivity index (χ4v) is 4.32. The highest BCUT2D eigenvalue weighted by Gasteiger charge is 2.22. The molecule has 2 aromatic heterocycles. The number of fused-ring (bicyclic) bond motifs is 3. The second kappa shape index (κ2) is 6.23. The number of rotatable bonds is 2. The normalized spacial score (nSPS) is 19.6. The van der Waals surface area contributed by atoms with Gasteiger partial charge in [-0.25, -0.2) is 9.50 Å². The third kappa shape index (κ3) is 2.94. The van der Waals surface area contributed by atoms with E-state index in [0.717, 1.165) is 67.2 Å². The summed E-state index contributed by atoms with van der Waals surface area (Å²) in [6.45, 7) is 6.75. The Morgan fingerprint density at radius 1 is 1.26 bits per heavy atom. The molecule has 140 valence electrons. The molecule has 0 saturated carbocycles. The molecule has 0 saturated heterocycles. The number of hydrogen-bond donors (Lipinski definition) is 1. The van der Waals surface area contributed by atoms with E-state index in [-0.39, 0.29) is 11.7 Å². The van der Waals surface area contributed by atoms with Crippen LogP contribution in [0.2, 0.25) is 0 Å². The van der Waals surface area contributed by atoms with Crippen LogP contribution in [-0.4, -0.2) is 38.7 Å².